The summed E-state index contributed by atoms with van der Waals surface area (Å²) < 4.78 is 6.66. The lowest BCUT2D eigenvalue weighted by molar-refractivity contribution is 0.0959. The van der Waals surface area contributed by atoms with Crippen LogP contribution >= 0.6 is 11.6 Å². The Kier molecular flexibility index (Phi) is 7.86. The number of halogens is 1. The fourth-order valence-electron chi connectivity index (χ4n) is 4.50. The molecule has 2 N–H and O–H groups in total. The van der Waals surface area contributed by atoms with Gasteiger partial charge in [-0.1, -0.05) is 39.3 Å². The lowest BCUT2D eigenvalue weighted by atomic mass is 9.83. The summed E-state index contributed by atoms with van der Waals surface area (Å²) in [5.41, 5.74) is 4.75. The first kappa shape index (κ1) is 28.7. The number of nitrogens with one attached hydrogen (secondary N) is 2. The normalized spacial score (nSPS) is 16.9. The van der Waals surface area contributed by atoms with Gasteiger partial charge in [-0.2, -0.15) is 5.26 Å². The average Bonchev–Trinajstić information content (AvgIpc) is 3.23. The van der Waals surface area contributed by atoms with Crippen molar-refractivity contribution in [2.24, 2.45) is 0 Å². The summed E-state index contributed by atoms with van der Waals surface area (Å²) in [5, 5.41) is 16.2. The quantitative estimate of drug-likeness (QED) is 0.321. The second-order valence-electron chi connectivity index (χ2n) is 11.8. The van der Waals surface area contributed by atoms with Gasteiger partial charge < -0.3 is 15.1 Å². The number of carbonyl (C=O) groups is 1. The van der Waals surface area contributed by atoms with E-state index in [4.69, 9.17) is 21.0 Å². The number of amides is 1. The molecule has 1 aromatic carbocycles. The number of pyridine rings is 1. The zero-order chi connectivity index (χ0) is 28.6. The standard InChI is InChI=1S/C29H35ClN6O2Si/c1-28(2,3)39(6,7)38-17-29(4)10-8-21-19(15-31)12-18(13-22(21)29)23-9-11-33-27(35-23)36-24-14-20(30)16-34-25(24)26(37)32-5/h9,11-14,16H,8,10,17H2,1-7H3,(H,32,37)(H,33,35,36). The molecule has 39 heavy (non-hydrogen) atoms. The largest absolute Gasteiger partial charge is 0.416 e. The molecule has 2 aromatic heterocycles. The van der Waals surface area contributed by atoms with Crippen molar-refractivity contribution in [2.45, 2.75) is 64.1 Å². The maximum absolute atomic E-state index is 12.3. The minimum Gasteiger partial charge on any atom is -0.416 e. The number of nitriles is 1. The van der Waals surface area contributed by atoms with E-state index >= 15 is 0 Å². The first-order chi connectivity index (χ1) is 18.3. The Labute approximate surface area is 236 Å². The monoisotopic (exact) mass is 562 g/mol. The summed E-state index contributed by atoms with van der Waals surface area (Å²) in [6.07, 6.45) is 4.82. The molecule has 1 amide bonds. The Morgan fingerprint density at radius 3 is 2.67 bits per heavy atom. The topological polar surface area (TPSA) is 113 Å². The van der Waals surface area contributed by atoms with E-state index < -0.39 is 8.32 Å². The van der Waals surface area contributed by atoms with Crippen LogP contribution < -0.4 is 10.6 Å². The molecule has 10 heteroatoms. The van der Waals surface area contributed by atoms with Crippen molar-refractivity contribution in [3.63, 3.8) is 0 Å². The molecule has 1 atom stereocenters. The maximum atomic E-state index is 12.3. The van der Waals surface area contributed by atoms with Crippen molar-refractivity contribution in [3.05, 3.63) is 64.1 Å². The highest BCUT2D eigenvalue weighted by Gasteiger charge is 2.42. The van der Waals surface area contributed by atoms with Crippen molar-refractivity contribution in [2.75, 3.05) is 19.0 Å². The van der Waals surface area contributed by atoms with Gasteiger partial charge in [0.1, 0.15) is 0 Å². The Hall–Kier alpha value is -3.32. The molecule has 0 bridgehead atoms. The smallest absolute Gasteiger partial charge is 0.271 e. The SMILES string of the molecule is CNC(=O)c1ncc(Cl)cc1Nc1nccc(-c2cc(C#N)c3c(c2)C(C)(CO[Si](C)(C)C(C)(C)C)CC3)n1. The Morgan fingerprint density at radius 2 is 2.00 bits per heavy atom. The van der Waals surface area contributed by atoms with Gasteiger partial charge in [-0.15, -0.1) is 0 Å². The minimum atomic E-state index is -1.94. The van der Waals surface area contributed by atoms with Crippen LogP contribution in [0.3, 0.4) is 0 Å². The van der Waals surface area contributed by atoms with Gasteiger partial charge in [0.25, 0.3) is 5.91 Å². The summed E-state index contributed by atoms with van der Waals surface area (Å²) in [7, 11) is -0.408. The van der Waals surface area contributed by atoms with E-state index in [9.17, 15) is 10.1 Å². The lowest BCUT2D eigenvalue weighted by Gasteiger charge is -2.39. The molecule has 204 valence electrons. The molecule has 0 radical (unpaired) electrons. The molecule has 1 unspecified atom stereocenters. The fourth-order valence-corrected chi connectivity index (χ4v) is 5.77. The van der Waals surface area contributed by atoms with Crippen LogP contribution in [0.2, 0.25) is 23.2 Å². The van der Waals surface area contributed by atoms with Crippen LogP contribution in [0.4, 0.5) is 11.6 Å². The second kappa shape index (κ2) is 10.7. The molecule has 8 nitrogen and oxygen atoms in total. The number of fused-ring (bicyclic) bond motifs is 1. The second-order valence-corrected chi connectivity index (χ2v) is 17.0. The third-order valence-electron chi connectivity index (χ3n) is 8.00. The van der Waals surface area contributed by atoms with Crippen LogP contribution in [-0.4, -0.2) is 42.8 Å². The molecule has 0 fully saturated rings. The number of rotatable bonds is 7. The maximum Gasteiger partial charge on any atom is 0.271 e. The minimum absolute atomic E-state index is 0.116. The van der Waals surface area contributed by atoms with E-state index in [-0.39, 0.29) is 28.0 Å². The summed E-state index contributed by atoms with van der Waals surface area (Å²) in [5.74, 6) is -0.0773. The van der Waals surface area contributed by atoms with Gasteiger partial charge in [0.15, 0.2) is 14.0 Å². The number of carbonyl (C=O) groups excluding carboxylic acids is 1. The summed E-state index contributed by atoms with van der Waals surface area (Å²) in [6, 6.07) is 9.84. The van der Waals surface area contributed by atoms with Crippen molar-refractivity contribution in [3.8, 4) is 17.3 Å². The van der Waals surface area contributed by atoms with E-state index in [0.29, 0.717) is 28.6 Å². The van der Waals surface area contributed by atoms with E-state index in [1.165, 1.54) is 13.2 Å². The van der Waals surface area contributed by atoms with Crippen LogP contribution in [0.5, 0.6) is 0 Å². The predicted molar refractivity (Wildman–Crippen MR) is 157 cm³/mol. The molecule has 1 aliphatic rings. The molecule has 0 saturated carbocycles. The highest BCUT2D eigenvalue weighted by molar-refractivity contribution is 6.74. The van der Waals surface area contributed by atoms with Gasteiger partial charge in [-0.05, 0) is 66.4 Å². The third kappa shape index (κ3) is 5.83. The van der Waals surface area contributed by atoms with Crippen molar-refractivity contribution in [1.82, 2.24) is 20.3 Å². The number of benzene rings is 1. The van der Waals surface area contributed by atoms with Crippen molar-refractivity contribution < 1.29 is 9.22 Å². The molecule has 1 aliphatic carbocycles. The van der Waals surface area contributed by atoms with Crippen LogP contribution in [0.25, 0.3) is 11.3 Å². The van der Waals surface area contributed by atoms with Gasteiger partial charge in [0, 0.05) is 37.0 Å². The Bertz CT molecular complexity index is 1460. The fraction of sp³-hybridized carbons (Fsp3) is 0.414. The van der Waals surface area contributed by atoms with Gasteiger partial charge in [0.2, 0.25) is 5.95 Å². The number of anilines is 2. The number of aromatic nitrogens is 3. The highest BCUT2D eigenvalue weighted by Crippen LogP contribution is 2.45. The molecular formula is C29H35ClN6O2Si. The lowest BCUT2D eigenvalue weighted by Crippen LogP contribution is -2.44. The predicted octanol–water partition coefficient (Wildman–Crippen LogP) is 6.39. The molecule has 0 saturated heterocycles. The van der Waals surface area contributed by atoms with E-state index in [1.807, 2.05) is 12.1 Å². The van der Waals surface area contributed by atoms with Crippen molar-refractivity contribution >= 4 is 37.5 Å². The van der Waals surface area contributed by atoms with Gasteiger partial charge in [-0.25, -0.2) is 15.0 Å². The highest BCUT2D eigenvalue weighted by atomic mass is 35.5. The summed E-state index contributed by atoms with van der Waals surface area (Å²) in [4.78, 5) is 25.5. The van der Waals surface area contributed by atoms with Gasteiger partial charge in [0.05, 0.1) is 28.0 Å². The molecule has 0 aliphatic heterocycles. The van der Waals surface area contributed by atoms with Crippen LogP contribution in [0.1, 0.15) is 61.3 Å². The number of hydrogen-bond donors (Lipinski definition) is 2. The average molecular weight is 563 g/mol. The zero-order valence-electron chi connectivity index (χ0n) is 23.6. The number of hydrogen-bond acceptors (Lipinski definition) is 7. The van der Waals surface area contributed by atoms with E-state index in [2.05, 4.69) is 73.5 Å². The zero-order valence-corrected chi connectivity index (χ0v) is 25.3. The molecule has 4 rings (SSSR count). The Balaban J connectivity index is 1.69. The third-order valence-corrected chi connectivity index (χ3v) is 12.7. The summed E-state index contributed by atoms with van der Waals surface area (Å²) in [6.45, 7) is 14.1. The van der Waals surface area contributed by atoms with Crippen molar-refractivity contribution in [1.29, 1.82) is 5.26 Å². The van der Waals surface area contributed by atoms with Crippen LogP contribution in [0, 0.1) is 11.3 Å². The van der Waals surface area contributed by atoms with E-state index in [0.717, 1.165) is 29.5 Å². The molecular weight excluding hydrogens is 528 g/mol. The Morgan fingerprint density at radius 1 is 1.26 bits per heavy atom. The molecule has 2 heterocycles. The van der Waals surface area contributed by atoms with Crippen LogP contribution in [-0.2, 0) is 16.3 Å². The van der Waals surface area contributed by atoms with Gasteiger partial charge in [-0.3, -0.25) is 4.79 Å². The van der Waals surface area contributed by atoms with Gasteiger partial charge >= 0.3 is 0 Å². The first-order valence-electron chi connectivity index (χ1n) is 13.0. The first-order valence-corrected chi connectivity index (χ1v) is 16.3. The summed E-state index contributed by atoms with van der Waals surface area (Å²) >= 11 is 6.14. The number of nitrogens with zero attached hydrogens (tertiary/aromatic N) is 4. The molecule has 0 spiro atoms. The van der Waals surface area contributed by atoms with E-state index in [1.54, 1.807) is 12.3 Å². The van der Waals surface area contributed by atoms with Crippen LogP contribution in [0.15, 0.2) is 36.7 Å². The molecule has 3 aromatic rings.